The number of nitrogens with zero attached hydrogens (tertiary/aromatic N) is 1. The van der Waals surface area contributed by atoms with E-state index in [4.69, 9.17) is 20.3 Å². The summed E-state index contributed by atoms with van der Waals surface area (Å²) in [4.78, 5) is 24.4. The first-order chi connectivity index (χ1) is 10.9. The molecule has 0 bridgehead atoms. The van der Waals surface area contributed by atoms with Gasteiger partial charge in [0.25, 0.3) is 0 Å². The minimum Gasteiger partial charge on any atom is -0.481 e. The van der Waals surface area contributed by atoms with Crippen LogP contribution in [-0.2, 0) is 16.0 Å². The van der Waals surface area contributed by atoms with Gasteiger partial charge in [-0.05, 0) is 37.5 Å². The maximum absolute atomic E-state index is 12.2. The molecule has 1 aromatic carbocycles. The third kappa shape index (κ3) is 4.35. The minimum atomic E-state index is -0.954. The van der Waals surface area contributed by atoms with E-state index in [-0.39, 0.29) is 31.6 Å². The molecule has 1 aliphatic rings. The third-order valence-corrected chi connectivity index (χ3v) is 3.96. The second kappa shape index (κ2) is 7.32. The average molecular weight is 322 g/mol. The predicted octanol–water partition coefficient (Wildman–Crippen LogP) is 0.997. The fourth-order valence-corrected chi connectivity index (χ4v) is 2.43. The average Bonchev–Trinajstić information content (AvgIpc) is 2.98. The number of ether oxygens (including phenoxy) is 2. The lowest BCUT2D eigenvalue weighted by atomic mass is 10.0. The van der Waals surface area contributed by atoms with Crippen molar-refractivity contribution in [2.75, 3.05) is 13.8 Å². The van der Waals surface area contributed by atoms with E-state index in [9.17, 15) is 9.59 Å². The Morgan fingerprint density at radius 2 is 2.04 bits per heavy atom. The molecule has 1 unspecified atom stereocenters. The third-order valence-electron chi connectivity index (χ3n) is 3.96. The van der Waals surface area contributed by atoms with Gasteiger partial charge < -0.3 is 25.2 Å². The van der Waals surface area contributed by atoms with Crippen LogP contribution in [-0.4, -0.2) is 47.8 Å². The summed E-state index contributed by atoms with van der Waals surface area (Å²) in [5, 5.41) is 8.66. The Labute approximate surface area is 135 Å². The summed E-state index contributed by atoms with van der Waals surface area (Å²) in [7, 11) is 1.68. The summed E-state index contributed by atoms with van der Waals surface area (Å²) >= 11 is 0. The van der Waals surface area contributed by atoms with Crippen molar-refractivity contribution in [3.8, 4) is 11.5 Å². The lowest BCUT2D eigenvalue weighted by molar-refractivity contribution is -0.137. The first-order valence-corrected chi connectivity index (χ1v) is 7.51. The standard InChI is InChI=1S/C16H22N2O5/c1-10(18(2)16(21)12(17)4-6-15(19)20)7-11-3-5-13-14(8-11)23-9-22-13/h3,5,8,10,12H,4,6-7,9,17H2,1-2H3,(H,19,20)/t10?,12-/m0/s1. The number of carbonyl (C=O) groups is 2. The van der Waals surface area contributed by atoms with Gasteiger partial charge in [-0.2, -0.15) is 0 Å². The monoisotopic (exact) mass is 322 g/mol. The van der Waals surface area contributed by atoms with E-state index >= 15 is 0 Å². The molecule has 7 nitrogen and oxygen atoms in total. The summed E-state index contributed by atoms with van der Waals surface area (Å²) in [6, 6.07) is 4.83. The first-order valence-electron chi connectivity index (χ1n) is 7.51. The van der Waals surface area contributed by atoms with Crippen molar-refractivity contribution < 1.29 is 24.2 Å². The smallest absolute Gasteiger partial charge is 0.303 e. The SMILES string of the molecule is CC(Cc1ccc2c(c1)OCO2)N(C)C(=O)[C@@H](N)CCC(=O)O. The van der Waals surface area contributed by atoms with Crippen LogP contribution in [0, 0.1) is 0 Å². The Balaban J connectivity index is 1.92. The van der Waals surface area contributed by atoms with E-state index in [1.807, 2.05) is 25.1 Å². The lowest BCUT2D eigenvalue weighted by Crippen LogP contribution is -2.46. The van der Waals surface area contributed by atoms with Gasteiger partial charge in [-0.3, -0.25) is 9.59 Å². The number of amides is 1. The van der Waals surface area contributed by atoms with Gasteiger partial charge in [-0.15, -0.1) is 0 Å². The van der Waals surface area contributed by atoms with Gasteiger partial charge in [0.1, 0.15) is 0 Å². The highest BCUT2D eigenvalue weighted by Crippen LogP contribution is 2.32. The molecule has 0 saturated carbocycles. The minimum absolute atomic E-state index is 0.0706. The number of hydrogen-bond acceptors (Lipinski definition) is 5. The lowest BCUT2D eigenvalue weighted by Gasteiger charge is -2.27. The fraction of sp³-hybridized carbons (Fsp3) is 0.500. The quantitative estimate of drug-likeness (QED) is 0.776. The number of carbonyl (C=O) groups excluding carboxylic acids is 1. The highest BCUT2D eigenvalue weighted by atomic mass is 16.7. The predicted molar refractivity (Wildman–Crippen MR) is 83.3 cm³/mol. The van der Waals surface area contributed by atoms with Gasteiger partial charge in [-0.1, -0.05) is 6.07 Å². The summed E-state index contributed by atoms with van der Waals surface area (Å²) in [6.45, 7) is 2.15. The van der Waals surface area contributed by atoms with Crippen LogP contribution in [0.3, 0.4) is 0 Å². The molecule has 23 heavy (non-hydrogen) atoms. The van der Waals surface area contributed by atoms with E-state index in [1.54, 1.807) is 11.9 Å². The molecule has 0 aromatic heterocycles. The molecule has 0 spiro atoms. The van der Waals surface area contributed by atoms with Crippen LogP contribution in [0.25, 0.3) is 0 Å². The first kappa shape index (κ1) is 17.1. The van der Waals surface area contributed by atoms with Crippen molar-refractivity contribution in [2.24, 2.45) is 5.73 Å². The summed E-state index contributed by atoms with van der Waals surface area (Å²) in [6.07, 6.45) is 0.664. The van der Waals surface area contributed by atoms with Crippen LogP contribution in [0.2, 0.25) is 0 Å². The number of carboxylic acids is 1. The van der Waals surface area contributed by atoms with Gasteiger partial charge in [0.05, 0.1) is 6.04 Å². The van der Waals surface area contributed by atoms with Crippen LogP contribution in [0.4, 0.5) is 0 Å². The molecule has 0 aliphatic carbocycles. The van der Waals surface area contributed by atoms with Crippen molar-refractivity contribution in [3.63, 3.8) is 0 Å². The largest absolute Gasteiger partial charge is 0.481 e. The Hall–Kier alpha value is -2.28. The van der Waals surface area contributed by atoms with Crippen LogP contribution in [0.1, 0.15) is 25.3 Å². The van der Waals surface area contributed by atoms with Crippen LogP contribution < -0.4 is 15.2 Å². The summed E-state index contributed by atoms with van der Waals surface area (Å²) in [5.74, 6) is 0.229. The molecule has 2 rings (SSSR count). The normalized spacial score (nSPS) is 15.1. The van der Waals surface area contributed by atoms with Crippen molar-refractivity contribution >= 4 is 11.9 Å². The van der Waals surface area contributed by atoms with Crippen LogP contribution >= 0.6 is 0 Å². The van der Waals surface area contributed by atoms with E-state index < -0.39 is 12.0 Å². The van der Waals surface area contributed by atoms with E-state index in [1.165, 1.54) is 0 Å². The number of nitrogens with two attached hydrogens (primary N) is 1. The van der Waals surface area contributed by atoms with Crippen molar-refractivity contribution in [1.29, 1.82) is 0 Å². The second-order valence-corrected chi connectivity index (χ2v) is 5.73. The molecule has 1 aliphatic heterocycles. The number of carboxylic acid groups (broad SMARTS) is 1. The maximum atomic E-state index is 12.2. The summed E-state index contributed by atoms with van der Waals surface area (Å²) in [5.41, 5.74) is 6.81. The Bertz CT molecular complexity index is 590. The van der Waals surface area contributed by atoms with Crippen molar-refractivity contribution in [1.82, 2.24) is 4.90 Å². The Morgan fingerprint density at radius 3 is 2.74 bits per heavy atom. The van der Waals surface area contributed by atoms with Crippen molar-refractivity contribution in [3.05, 3.63) is 23.8 Å². The molecule has 1 amide bonds. The van der Waals surface area contributed by atoms with Gasteiger partial charge >= 0.3 is 5.97 Å². The number of rotatable bonds is 7. The topological polar surface area (TPSA) is 102 Å². The van der Waals surface area contributed by atoms with E-state index in [0.29, 0.717) is 12.2 Å². The zero-order chi connectivity index (χ0) is 17.0. The second-order valence-electron chi connectivity index (χ2n) is 5.73. The van der Waals surface area contributed by atoms with Crippen LogP contribution in [0.15, 0.2) is 18.2 Å². The zero-order valence-corrected chi connectivity index (χ0v) is 13.3. The van der Waals surface area contributed by atoms with E-state index in [2.05, 4.69) is 0 Å². The van der Waals surface area contributed by atoms with Gasteiger partial charge in [0.15, 0.2) is 11.5 Å². The molecule has 0 saturated heterocycles. The number of likely N-dealkylation sites (N-methyl/N-ethyl adjacent to an activating group) is 1. The molecule has 1 heterocycles. The van der Waals surface area contributed by atoms with Crippen molar-refractivity contribution in [2.45, 2.75) is 38.3 Å². The van der Waals surface area contributed by atoms with Gasteiger partial charge in [-0.25, -0.2) is 0 Å². The molecule has 126 valence electrons. The highest BCUT2D eigenvalue weighted by Gasteiger charge is 2.23. The molecule has 1 aromatic rings. The van der Waals surface area contributed by atoms with Gasteiger partial charge in [0, 0.05) is 19.5 Å². The number of hydrogen-bond donors (Lipinski definition) is 2. The summed E-state index contributed by atoms with van der Waals surface area (Å²) < 4.78 is 10.6. The fourth-order valence-electron chi connectivity index (χ4n) is 2.43. The number of aliphatic carboxylic acids is 1. The molecular formula is C16H22N2O5. The Kier molecular flexibility index (Phi) is 5.44. The van der Waals surface area contributed by atoms with E-state index in [0.717, 1.165) is 11.3 Å². The molecular weight excluding hydrogens is 300 g/mol. The van der Waals surface area contributed by atoms with Gasteiger partial charge in [0.2, 0.25) is 12.7 Å². The zero-order valence-electron chi connectivity index (χ0n) is 13.3. The highest BCUT2D eigenvalue weighted by molar-refractivity contribution is 5.82. The Morgan fingerprint density at radius 1 is 1.35 bits per heavy atom. The maximum Gasteiger partial charge on any atom is 0.303 e. The molecule has 0 radical (unpaired) electrons. The number of benzene rings is 1. The molecule has 3 N–H and O–H groups in total. The number of fused-ring (bicyclic) bond motifs is 1. The van der Waals surface area contributed by atoms with Crippen LogP contribution in [0.5, 0.6) is 11.5 Å². The molecule has 0 fully saturated rings. The molecule has 7 heteroatoms. The molecule has 2 atom stereocenters.